The number of sulfone groups is 1. The third-order valence-corrected chi connectivity index (χ3v) is 7.43. The summed E-state index contributed by atoms with van der Waals surface area (Å²) in [4.78, 5) is -1.57. The van der Waals surface area contributed by atoms with Crippen LogP contribution in [0, 0.1) is 0 Å². The van der Waals surface area contributed by atoms with Gasteiger partial charge >= 0.3 is 19.9 Å². The normalized spacial score (nSPS) is 12.6. The maximum Gasteiger partial charge on any atom is 2.00 e. The van der Waals surface area contributed by atoms with Crippen LogP contribution in [0.2, 0.25) is 0 Å². The van der Waals surface area contributed by atoms with Gasteiger partial charge < -0.3 is 25.1 Å². The largest absolute Gasteiger partial charge is 2.00 e. The first-order valence-corrected chi connectivity index (χ1v) is 13.5. The Labute approximate surface area is 218 Å². The van der Waals surface area contributed by atoms with E-state index in [9.17, 15) is 44.6 Å². The molecule has 2 N–H and O–H groups in total. The second-order valence-electron chi connectivity index (χ2n) is 6.87. The standard InChI is InChI=1S/C18H17N3O11S3.Cu/c19-11-1-3-13-10(7-11)8-16(34(26,27)28)17(18(13)23)21-20-14-9-12(2-4-15(14)22)33(24,25)6-5-32-35(29,30)31;/h1-4,7-9,22-23H,5-6,19H2,(H,26,27,28)(H,29,30,31);/q;+2/p-2. The second kappa shape index (κ2) is 10.7. The quantitative estimate of drug-likeness (QED) is 0.119. The molecule has 0 spiro atoms. The van der Waals surface area contributed by atoms with E-state index in [0.717, 1.165) is 24.3 Å². The molecule has 0 fully saturated rings. The first-order valence-electron chi connectivity index (χ1n) is 9.13. The molecule has 0 aromatic heterocycles. The van der Waals surface area contributed by atoms with Crippen molar-refractivity contribution in [1.29, 1.82) is 0 Å². The third kappa shape index (κ3) is 6.89. The molecule has 1 radical (unpaired) electrons. The van der Waals surface area contributed by atoms with Crippen LogP contribution in [-0.4, -0.2) is 46.7 Å². The van der Waals surface area contributed by atoms with Gasteiger partial charge in [-0.1, -0.05) is 23.6 Å². The van der Waals surface area contributed by atoms with E-state index in [-0.39, 0.29) is 36.4 Å². The molecule has 36 heavy (non-hydrogen) atoms. The summed E-state index contributed by atoms with van der Waals surface area (Å²) >= 11 is 0. The molecular weight excluding hydrogens is 594 g/mol. The molecule has 3 aromatic rings. The van der Waals surface area contributed by atoms with Crippen molar-refractivity contribution in [2.75, 3.05) is 18.1 Å². The molecule has 0 aliphatic carbocycles. The van der Waals surface area contributed by atoms with Gasteiger partial charge in [-0.2, -0.15) is 5.11 Å². The van der Waals surface area contributed by atoms with Crippen molar-refractivity contribution in [1.82, 2.24) is 0 Å². The van der Waals surface area contributed by atoms with E-state index in [1.54, 1.807) is 0 Å². The fraction of sp³-hybridized carbons (Fsp3) is 0.111. The molecule has 0 atom stereocenters. The number of hydrogen-bond acceptors (Lipinski definition) is 14. The van der Waals surface area contributed by atoms with Crippen molar-refractivity contribution in [2.45, 2.75) is 9.79 Å². The Kier molecular flexibility index (Phi) is 8.70. The molecule has 0 heterocycles. The molecule has 0 aliphatic rings. The van der Waals surface area contributed by atoms with E-state index in [2.05, 4.69) is 14.4 Å². The van der Waals surface area contributed by atoms with Gasteiger partial charge in [-0.3, -0.25) is 4.18 Å². The Morgan fingerprint density at radius 1 is 0.917 bits per heavy atom. The summed E-state index contributed by atoms with van der Waals surface area (Å²) < 4.78 is 95.1. The number of azo groups is 1. The summed E-state index contributed by atoms with van der Waals surface area (Å²) in [6, 6.07) is 7.12. The number of nitrogens with zero attached hydrogens (tertiary/aromatic N) is 2. The Hall–Kier alpha value is -2.83. The van der Waals surface area contributed by atoms with Crippen LogP contribution < -0.4 is 15.9 Å². The molecule has 197 valence electrons. The number of nitrogens with two attached hydrogens (primary N) is 1. The molecule has 3 rings (SSSR count). The monoisotopic (exact) mass is 608 g/mol. The van der Waals surface area contributed by atoms with Crippen LogP contribution in [0.1, 0.15) is 2.85 Å². The molecule has 0 unspecified atom stereocenters. The average molecular weight is 609 g/mol. The third-order valence-electron chi connectivity index (χ3n) is 4.45. The van der Waals surface area contributed by atoms with Gasteiger partial charge in [-0.05, 0) is 41.1 Å². The van der Waals surface area contributed by atoms with E-state index < -0.39 is 75.4 Å². The molecule has 18 heteroatoms. The van der Waals surface area contributed by atoms with E-state index in [0.29, 0.717) is 0 Å². The van der Waals surface area contributed by atoms with Gasteiger partial charge in [0.05, 0.1) is 33.5 Å². The summed E-state index contributed by atoms with van der Waals surface area (Å²) in [6.07, 6.45) is 0. The van der Waals surface area contributed by atoms with Crippen molar-refractivity contribution < 1.29 is 68.7 Å². The minimum absolute atomic E-state index is 0. The topological polar surface area (TPSA) is 255 Å². The Bertz CT molecular complexity index is 1680. The van der Waals surface area contributed by atoms with E-state index in [1.807, 2.05) is 0 Å². The summed E-state index contributed by atoms with van der Waals surface area (Å²) in [5, 5.41) is 31.8. The summed E-state index contributed by atoms with van der Waals surface area (Å²) in [6.45, 7) is -0.990. The minimum Gasteiger partial charge on any atom is -0.871 e. The number of hydrogen-bond donors (Lipinski definition) is 1. The van der Waals surface area contributed by atoms with Gasteiger partial charge in [-0.25, -0.2) is 25.3 Å². The van der Waals surface area contributed by atoms with Crippen molar-refractivity contribution in [3.8, 4) is 11.5 Å². The molecule has 0 bridgehead atoms. The smallest absolute Gasteiger partial charge is 0.871 e. The van der Waals surface area contributed by atoms with E-state index >= 15 is 0 Å². The number of rotatable bonds is 8. The molecule has 0 saturated carbocycles. The number of anilines is 1. The van der Waals surface area contributed by atoms with Crippen LogP contribution in [-0.2, 0) is 51.6 Å². The van der Waals surface area contributed by atoms with Crippen molar-refractivity contribution in [2.24, 2.45) is 10.2 Å². The zero-order valence-electron chi connectivity index (χ0n) is 19.4. The van der Waals surface area contributed by atoms with Gasteiger partial charge in [0, 0.05) is 5.69 Å². The second-order valence-corrected chi connectivity index (χ2v) is 11.4. The van der Waals surface area contributed by atoms with Gasteiger partial charge in [0.15, 0.2) is 9.84 Å². The van der Waals surface area contributed by atoms with E-state index in [4.69, 9.17) is 5.73 Å². The molecule has 14 nitrogen and oxygen atoms in total. The van der Waals surface area contributed by atoms with Crippen LogP contribution in [0.25, 0.3) is 10.8 Å². The molecule has 3 aromatic carbocycles. The maximum absolute atomic E-state index is 12.8. The predicted molar refractivity (Wildman–Crippen MR) is 116 cm³/mol. The van der Waals surface area contributed by atoms with E-state index in [1.165, 1.54) is 18.2 Å². The van der Waals surface area contributed by atoms with Gasteiger partial charge in [0.25, 0.3) is 0 Å². The van der Waals surface area contributed by atoms with Crippen LogP contribution in [0.3, 0.4) is 0 Å². The van der Waals surface area contributed by atoms with Crippen molar-refractivity contribution in [3.05, 3.63) is 42.5 Å². The average Bonchev–Trinajstić information content (AvgIpc) is 2.71. The summed E-state index contributed by atoms with van der Waals surface area (Å²) in [5.74, 6) is -2.83. The van der Waals surface area contributed by atoms with Crippen molar-refractivity contribution in [3.63, 3.8) is 0 Å². The maximum atomic E-state index is 12.8. The Balaban J connectivity index is 0.00000456. The minimum atomic E-state index is -5.24. The summed E-state index contributed by atoms with van der Waals surface area (Å²) in [7, 11) is -14.6. The summed E-state index contributed by atoms with van der Waals surface area (Å²) in [5.41, 5.74) is 4.25. The molecular formula is C18H15CuN3O11S3. The Morgan fingerprint density at radius 3 is 2.19 bits per heavy atom. The Morgan fingerprint density at radius 2 is 1.58 bits per heavy atom. The first-order chi connectivity index (χ1) is 16.1. The zero-order chi connectivity index (χ0) is 26.2. The fourth-order valence-corrected chi connectivity index (χ4v) is 5.02. The van der Waals surface area contributed by atoms with Gasteiger partial charge in [0.1, 0.15) is 10.1 Å². The molecule has 0 saturated heterocycles. The van der Waals surface area contributed by atoms with Crippen LogP contribution in [0.4, 0.5) is 17.1 Å². The fourth-order valence-electron chi connectivity index (χ4n) is 2.88. The zero-order valence-corrected chi connectivity index (χ0v) is 20.8. The molecule has 0 aliphatic heterocycles. The van der Waals surface area contributed by atoms with Crippen LogP contribution >= 0.6 is 0 Å². The number of fused-ring (bicyclic) bond motifs is 1. The van der Waals surface area contributed by atoms with Crippen LogP contribution in [0.15, 0.2) is 62.5 Å². The van der Waals surface area contributed by atoms with Crippen molar-refractivity contribution >= 4 is 58.2 Å². The SMILES string of the molecule is Nc1ccc2c([O-])c(N=Nc3cc(S(=O)(=O)CCOS(=O)(=O)[O-])ccc3[O-])c(S(=O)(=O)[O-])cc2c1.[Cu+2].[H+].[H+]. The molecule has 0 amide bonds. The van der Waals surface area contributed by atoms with Gasteiger partial charge in [-0.15, -0.1) is 5.11 Å². The number of benzene rings is 3. The predicted octanol–water partition coefficient (Wildman–Crippen LogP) is 0.362. The number of nitrogen functional groups attached to an aromatic ring is 1. The van der Waals surface area contributed by atoms with Crippen LogP contribution in [0.5, 0.6) is 11.5 Å². The first kappa shape index (κ1) is 29.4. The van der Waals surface area contributed by atoms with Gasteiger partial charge in [0.2, 0.25) is 10.4 Å².